The minimum atomic E-state index is -0.582. The molecule has 0 radical (unpaired) electrons. The van der Waals surface area contributed by atoms with Crippen molar-refractivity contribution < 1.29 is 14.3 Å². The molecule has 0 amide bonds. The molecule has 5 rings (SSSR count). The Morgan fingerprint density at radius 2 is 1.21 bits per heavy atom. The van der Waals surface area contributed by atoms with E-state index in [4.69, 9.17) is 9.47 Å². The normalized spacial score (nSPS) is 13.1. The predicted octanol–water partition coefficient (Wildman–Crippen LogP) is 8.10. The van der Waals surface area contributed by atoms with Crippen LogP contribution in [-0.2, 0) is 19.9 Å². The van der Waals surface area contributed by atoms with Gasteiger partial charge in [-0.3, -0.25) is 4.79 Å². The maximum Gasteiger partial charge on any atom is 0.310 e. The van der Waals surface area contributed by atoms with Gasteiger partial charge < -0.3 is 9.47 Å². The van der Waals surface area contributed by atoms with Crippen molar-refractivity contribution in [2.24, 2.45) is 5.92 Å². The van der Waals surface area contributed by atoms with Gasteiger partial charge in [-0.15, -0.1) is 0 Å². The van der Waals surface area contributed by atoms with Gasteiger partial charge in [-0.2, -0.15) is 0 Å². The van der Waals surface area contributed by atoms with Gasteiger partial charge >= 0.3 is 5.97 Å². The van der Waals surface area contributed by atoms with Gasteiger partial charge in [0.15, 0.2) is 6.79 Å². The summed E-state index contributed by atoms with van der Waals surface area (Å²) >= 11 is 0. The molecule has 0 aliphatic carbocycles. The summed E-state index contributed by atoms with van der Waals surface area (Å²) in [7, 11) is 0. The van der Waals surface area contributed by atoms with E-state index < -0.39 is 5.60 Å². The Labute approximate surface area is 200 Å². The zero-order chi connectivity index (χ0) is 23.9. The summed E-state index contributed by atoms with van der Waals surface area (Å²) in [5.74, 6) is -0.335. The number of fused-ring (bicyclic) bond motifs is 4. The van der Waals surface area contributed by atoms with E-state index in [9.17, 15) is 4.79 Å². The van der Waals surface area contributed by atoms with Crippen LogP contribution >= 0.6 is 0 Å². The summed E-state index contributed by atoms with van der Waals surface area (Å²) in [5, 5.41) is 9.82. The average molecular weight is 451 g/mol. The van der Waals surface area contributed by atoms with Crippen molar-refractivity contribution in [3.8, 4) is 0 Å². The van der Waals surface area contributed by atoms with Gasteiger partial charge in [-0.25, -0.2) is 0 Å². The highest BCUT2D eigenvalue weighted by Crippen LogP contribution is 2.33. The lowest BCUT2D eigenvalue weighted by molar-refractivity contribution is -0.174. The van der Waals surface area contributed by atoms with Crippen molar-refractivity contribution in [2.75, 3.05) is 6.79 Å². The van der Waals surface area contributed by atoms with Crippen LogP contribution in [0.3, 0.4) is 0 Å². The van der Waals surface area contributed by atoms with E-state index in [2.05, 4.69) is 78.9 Å². The molecule has 0 N–H and O–H groups in total. The second-order valence-electron chi connectivity index (χ2n) is 9.71. The van der Waals surface area contributed by atoms with Crippen LogP contribution in [0.5, 0.6) is 0 Å². The molecule has 0 aliphatic heterocycles. The zero-order valence-electron chi connectivity index (χ0n) is 20.2. The van der Waals surface area contributed by atoms with Gasteiger partial charge in [0.25, 0.3) is 0 Å². The van der Waals surface area contributed by atoms with Crippen LogP contribution in [0.25, 0.3) is 43.1 Å². The summed E-state index contributed by atoms with van der Waals surface area (Å²) in [4.78, 5) is 12.0. The first-order chi connectivity index (χ1) is 16.3. The maximum atomic E-state index is 12.0. The van der Waals surface area contributed by atoms with Crippen molar-refractivity contribution in [1.29, 1.82) is 0 Å². The van der Waals surface area contributed by atoms with Crippen LogP contribution in [-0.4, -0.2) is 12.8 Å². The lowest BCUT2D eigenvalue weighted by Gasteiger charge is -2.26. The van der Waals surface area contributed by atoms with Crippen LogP contribution in [0.15, 0.2) is 78.9 Å². The van der Waals surface area contributed by atoms with Crippen molar-refractivity contribution in [1.82, 2.24) is 0 Å². The lowest BCUT2D eigenvalue weighted by atomic mass is 9.93. The number of esters is 1. The second-order valence-corrected chi connectivity index (χ2v) is 9.71. The van der Waals surface area contributed by atoms with Crippen molar-refractivity contribution >= 4 is 49.1 Å². The van der Waals surface area contributed by atoms with Crippen LogP contribution in [0.2, 0.25) is 0 Å². The molecule has 3 heteroatoms. The molecule has 0 saturated carbocycles. The average Bonchev–Trinajstić information content (AvgIpc) is 2.83. The Balaban J connectivity index is 1.47. The fourth-order valence-electron chi connectivity index (χ4n) is 4.45. The molecular formula is C31H30O3. The van der Waals surface area contributed by atoms with Crippen LogP contribution in [0.1, 0.15) is 39.7 Å². The molecule has 3 nitrogen and oxygen atoms in total. The topological polar surface area (TPSA) is 35.5 Å². The highest BCUT2D eigenvalue weighted by Gasteiger charge is 2.23. The third-order valence-electron chi connectivity index (χ3n) is 6.95. The first-order valence-electron chi connectivity index (χ1n) is 12.0. The number of ether oxygens (including phenoxy) is 2. The number of hydrogen-bond donors (Lipinski definition) is 0. The van der Waals surface area contributed by atoms with E-state index in [-0.39, 0.29) is 18.7 Å². The first kappa shape index (κ1) is 22.4. The van der Waals surface area contributed by atoms with Crippen molar-refractivity contribution in [3.63, 3.8) is 0 Å². The third kappa shape index (κ3) is 4.24. The molecule has 0 saturated heterocycles. The summed E-state index contributed by atoms with van der Waals surface area (Å²) in [5.41, 5.74) is 0.465. The quantitative estimate of drug-likeness (QED) is 0.149. The van der Waals surface area contributed by atoms with Gasteiger partial charge in [0.2, 0.25) is 0 Å². The van der Waals surface area contributed by atoms with Gasteiger partial charge in [0.05, 0.1) is 11.5 Å². The fraction of sp³-hybridized carbons (Fsp3) is 0.258. The van der Waals surface area contributed by atoms with E-state index in [1.807, 2.05) is 27.7 Å². The number of rotatable bonds is 6. The predicted molar refractivity (Wildman–Crippen MR) is 141 cm³/mol. The molecule has 0 bridgehead atoms. The molecular weight excluding hydrogens is 420 g/mol. The summed E-state index contributed by atoms with van der Waals surface area (Å²) in [6, 6.07) is 28.5. The van der Waals surface area contributed by atoms with E-state index in [1.165, 1.54) is 43.1 Å². The van der Waals surface area contributed by atoms with E-state index in [0.717, 1.165) is 12.0 Å². The monoisotopic (exact) mass is 450 g/mol. The number of carbonyl (C=O) groups excluding carboxylic acids is 1. The largest absolute Gasteiger partial charge is 0.438 e. The number of hydrogen-bond acceptors (Lipinski definition) is 3. The van der Waals surface area contributed by atoms with Gasteiger partial charge in [-0.05, 0) is 111 Å². The van der Waals surface area contributed by atoms with Crippen LogP contribution in [0.4, 0.5) is 0 Å². The van der Waals surface area contributed by atoms with Crippen LogP contribution in [0, 0.1) is 5.92 Å². The van der Waals surface area contributed by atoms with Crippen molar-refractivity contribution in [3.05, 3.63) is 84.4 Å². The minimum Gasteiger partial charge on any atom is -0.438 e. The van der Waals surface area contributed by atoms with Crippen LogP contribution < -0.4 is 0 Å². The summed E-state index contributed by atoms with van der Waals surface area (Å²) < 4.78 is 11.3. The Morgan fingerprint density at radius 3 is 1.74 bits per heavy atom. The fourth-order valence-corrected chi connectivity index (χ4v) is 4.45. The highest BCUT2D eigenvalue weighted by atomic mass is 16.7. The maximum absolute atomic E-state index is 12.0. The smallest absolute Gasteiger partial charge is 0.310 e. The number of benzene rings is 5. The molecule has 34 heavy (non-hydrogen) atoms. The Bertz CT molecular complexity index is 1530. The molecule has 1 unspecified atom stereocenters. The minimum absolute atomic E-state index is 0.0497. The highest BCUT2D eigenvalue weighted by molar-refractivity contribution is 6.08. The zero-order valence-corrected chi connectivity index (χ0v) is 20.2. The SMILES string of the molecule is CCC(C)C(=O)OCOC(C)(C)c1ccc2cc3cc4cc5ccccc5cc4cc3cc2c1. The first-order valence-corrected chi connectivity index (χ1v) is 12.0. The van der Waals surface area contributed by atoms with Gasteiger partial charge in [-0.1, -0.05) is 50.2 Å². The molecule has 0 fully saturated rings. The Morgan fingerprint density at radius 1 is 0.735 bits per heavy atom. The summed E-state index contributed by atoms with van der Waals surface area (Å²) in [6.45, 7) is 7.80. The van der Waals surface area contributed by atoms with E-state index in [0.29, 0.717) is 0 Å². The molecule has 0 aromatic heterocycles. The molecule has 172 valence electrons. The van der Waals surface area contributed by atoms with Gasteiger partial charge in [0, 0.05) is 0 Å². The number of carbonyl (C=O) groups is 1. The van der Waals surface area contributed by atoms with Gasteiger partial charge in [0.1, 0.15) is 0 Å². The standard InChI is InChI=1S/C31H30O3/c1-5-20(2)30(32)33-19-34-31(3,4)29-11-10-23-14-26-15-24-12-21-8-6-7-9-22(21)13-25(24)16-27(26)17-28(23)18-29/h6-18,20H,5,19H2,1-4H3. The Hall–Kier alpha value is -3.43. The van der Waals surface area contributed by atoms with E-state index >= 15 is 0 Å². The molecule has 5 aromatic carbocycles. The molecule has 5 aromatic rings. The third-order valence-corrected chi connectivity index (χ3v) is 6.95. The Kier molecular flexibility index (Phi) is 5.75. The molecule has 0 spiro atoms. The molecule has 1 atom stereocenters. The molecule has 0 heterocycles. The lowest BCUT2D eigenvalue weighted by Crippen LogP contribution is -2.25. The molecule has 0 aliphatic rings. The second kappa shape index (κ2) is 8.73. The van der Waals surface area contributed by atoms with E-state index in [1.54, 1.807) is 0 Å². The summed E-state index contributed by atoms with van der Waals surface area (Å²) in [6.07, 6.45) is 0.756. The van der Waals surface area contributed by atoms with Crippen molar-refractivity contribution in [2.45, 2.75) is 39.7 Å².